The van der Waals surface area contributed by atoms with Crippen molar-refractivity contribution in [3.8, 4) is 5.75 Å². The van der Waals surface area contributed by atoms with Gasteiger partial charge in [-0.15, -0.1) is 0 Å². The number of nitrogens with one attached hydrogen (secondary N) is 1. The van der Waals surface area contributed by atoms with Gasteiger partial charge in [0.2, 0.25) is 11.8 Å². The minimum Gasteiger partial charge on any atom is -0.497 e. The molecule has 2 aromatic rings. The number of carbonyl (C=O) groups excluding carboxylic acids is 2. The van der Waals surface area contributed by atoms with Crippen LogP contribution >= 0.6 is 0 Å². The molecule has 136 valence electrons. The van der Waals surface area contributed by atoms with Gasteiger partial charge in [-0.2, -0.15) is 0 Å². The predicted octanol–water partition coefficient (Wildman–Crippen LogP) is 3.07. The van der Waals surface area contributed by atoms with Crippen molar-refractivity contribution in [2.45, 2.75) is 38.8 Å². The lowest BCUT2D eigenvalue weighted by atomic mass is 10.1. The molecule has 1 aliphatic heterocycles. The first-order chi connectivity index (χ1) is 12.6. The lowest BCUT2D eigenvalue weighted by molar-refractivity contribution is -0.126. The van der Waals surface area contributed by atoms with Gasteiger partial charge >= 0.3 is 0 Å². The van der Waals surface area contributed by atoms with E-state index in [2.05, 4.69) is 5.32 Å². The van der Waals surface area contributed by atoms with Crippen LogP contribution in [0.25, 0.3) is 0 Å². The Morgan fingerprint density at radius 2 is 1.88 bits per heavy atom. The van der Waals surface area contributed by atoms with E-state index in [1.165, 1.54) is 0 Å². The molecule has 0 aliphatic carbocycles. The monoisotopic (exact) mass is 352 g/mol. The summed E-state index contributed by atoms with van der Waals surface area (Å²) in [4.78, 5) is 26.9. The third kappa shape index (κ3) is 3.87. The van der Waals surface area contributed by atoms with Gasteiger partial charge in [-0.25, -0.2) is 0 Å². The van der Waals surface area contributed by atoms with Crippen molar-refractivity contribution in [2.24, 2.45) is 0 Å². The summed E-state index contributed by atoms with van der Waals surface area (Å²) >= 11 is 0. The smallest absolute Gasteiger partial charge is 0.243 e. The SMILES string of the molecule is COc1ccc(CNC(=O)C(C)N2C(=O)CCCc3ccccc32)cc1. The number of para-hydroxylation sites is 1. The first-order valence-corrected chi connectivity index (χ1v) is 8.90. The molecule has 0 spiro atoms. The quantitative estimate of drug-likeness (QED) is 0.900. The van der Waals surface area contributed by atoms with Gasteiger partial charge in [0.15, 0.2) is 0 Å². The van der Waals surface area contributed by atoms with Gasteiger partial charge in [-0.3, -0.25) is 14.5 Å². The van der Waals surface area contributed by atoms with Gasteiger partial charge in [0, 0.05) is 18.7 Å². The lowest BCUT2D eigenvalue weighted by Crippen LogP contribution is -2.48. The van der Waals surface area contributed by atoms with Crippen molar-refractivity contribution in [3.63, 3.8) is 0 Å². The fraction of sp³-hybridized carbons (Fsp3) is 0.333. The van der Waals surface area contributed by atoms with E-state index in [9.17, 15) is 9.59 Å². The minimum atomic E-state index is -0.556. The summed E-state index contributed by atoms with van der Waals surface area (Å²) in [5.74, 6) is 0.619. The van der Waals surface area contributed by atoms with E-state index >= 15 is 0 Å². The van der Waals surface area contributed by atoms with E-state index in [0.29, 0.717) is 13.0 Å². The molecule has 1 heterocycles. The maximum atomic E-state index is 12.7. The average Bonchev–Trinajstić information content (AvgIpc) is 2.84. The van der Waals surface area contributed by atoms with E-state index in [4.69, 9.17) is 4.74 Å². The van der Waals surface area contributed by atoms with Crippen molar-refractivity contribution >= 4 is 17.5 Å². The predicted molar refractivity (Wildman–Crippen MR) is 101 cm³/mol. The van der Waals surface area contributed by atoms with Crippen LogP contribution < -0.4 is 15.0 Å². The number of benzene rings is 2. The molecule has 1 unspecified atom stereocenters. The molecule has 1 aliphatic rings. The third-order valence-corrected chi connectivity index (χ3v) is 4.75. The second-order valence-corrected chi connectivity index (χ2v) is 6.49. The maximum Gasteiger partial charge on any atom is 0.243 e. The number of ether oxygens (including phenoxy) is 1. The molecule has 5 nitrogen and oxygen atoms in total. The van der Waals surface area contributed by atoms with Crippen LogP contribution in [0.3, 0.4) is 0 Å². The van der Waals surface area contributed by atoms with Crippen LogP contribution in [0, 0.1) is 0 Å². The summed E-state index contributed by atoms with van der Waals surface area (Å²) < 4.78 is 5.14. The summed E-state index contributed by atoms with van der Waals surface area (Å²) in [6.45, 7) is 2.19. The first-order valence-electron chi connectivity index (χ1n) is 8.90. The molecule has 5 heteroatoms. The van der Waals surface area contributed by atoms with Crippen LogP contribution in [0.4, 0.5) is 5.69 Å². The maximum absolute atomic E-state index is 12.7. The number of hydrogen-bond acceptors (Lipinski definition) is 3. The van der Waals surface area contributed by atoms with Crippen LogP contribution in [0.2, 0.25) is 0 Å². The number of anilines is 1. The van der Waals surface area contributed by atoms with Crippen LogP contribution in [-0.4, -0.2) is 25.0 Å². The number of nitrogens with zero attached hydrogens (tertiary/aromatic N) is 1. The average molecular weight is 352 g/mol. The molecule has 0 bridgehead atoms. The van der Waals surface area contributed by atoms with Gasteiger partial charge < -0.3 is 10.1 Å². The summed E-state index contributed by atoms with van der Waals surface area (Å²) in [5.41, 5.74) is 2.95. The molecular formula is C21H24N2O3. The fourth-order valence-electron chi connectivity index (χ4n) is 3.26. The van der Waals surface area contributed by atoms with Gasteiger partial charge in [-0.1, -0.05) is 30.3 Å². The second-order valence-electron chi connectivity index (χ2n) is 6.49. The first kappa shape index (κ1) is 18.0. The Bertz CT molecular complexity index is 786. The lowest BCUT2D eigenvalue weighted by Gasteiger charge is -2.28. The highest BCUT2D eigenvalue weighted by molar-refractivity contribution is 6.01. The number of carbonyl (C=O) groups is 2. The molecule has 3 rings (SSSR count). The number of methoxy groups -OCH3 is 1. The number of rotatable bonds is 5. The number of hydrogen-bond donors (Lipinski definition) is 1. The summed E-state index contributed by atoms with van der Waals surface area (Å²) in [5, 5.41) is 2.93. The zero-order valence-corrected chi connectivity index (χ0v) is 15.2. The van der Waals surface area contributed by atoms with E-state index in [1.54, 1.807) is 18.9 Å². The topological polar surface area (TPSA) is 58.6 Å². The van der Waals surface area contributed by atoms with Gasteiger partial charge in [0.25, 0.3) is 0 Å². The Labute approximate surface area is 154 Å². The fourth-order valence-corrected chi connectivity index (χ4v) is 3.26. The second kappa shape index (κ2) is 8.04. The zero-order valence-electron chi connectivity index (χ0n) is 15.2. The van der Waals surface area contributed by atoms with Crippen LogP contribution in [0.5, 0.6) is 5.75 Å². The molecule has 2 aromatic carbocycles. The Kier molecular flexibility index (Phi) is 5.56. The standard InChI is InChI=1S/C21H24N2O3/c1-15(21(25)22-14-16-10-12-18(26-2)13-11-16)23-19-8-4-3-6-17(19)7-5-9-20(23)24/h3-4,6,8,10-13,15H,5,7,9,14H2,1-2H3,(H,22,25). The summed E-state index contributed by atoms with van der Waals surface area (Å²) in [6, 6.07) is 14.8. The van der Waals surface area contributed by atoms with Gasteiger partial charge in [0.1, 0.15) is 11.8 Å². The Morgan fingerprint density at radius 1 is 1.15 bits per heavy atom. The van der Waals surface area contributed by atoms with Crippen molar-refractivity contribution in [1.29, 1.82) is 0 Å². The van der Waals surface area contributed by atoms with E-state index in [-0.39, 0.29) is 11.8 Å². The van der Waals surface area contributed by atoms with E-state index in [1.807, 2.05) is 48.5 Å². The summed E-state index contributed by atoms with van der Waals surface area (Å²) in [7, 11) is 1.62. The molecule has 0 aromatic heterocycles. The van der Waals surface area contributed by atoms with Crippen LogP contribution in [-0.2, 0) is 22.6 Å². The van der Waals surface area contributed by atoms with Crippen LogP contribution in [0.1, 0.15) is 30.9 Å². The molecule has 1 N–H and O–H groups in total. The van der Waals surface area contributed by atoms with Gasteiger partial charge in [-0.05, 0) is 49.1 Å². The molecule has 0 radical (unpaired) electrons. The van der Waals surface area contributed by atoms with Crippen molar-refractivity contribution in [2.75, 3.05) is 12.0 Å². The Hall–Kier alpha value is -2.82. The highest BCUT2D eigenvalue weighted by atomic mass is 16.5. The van der Waals surface area contributed by atoms with Crippen molar-refractivity contribution in [1.82, 2.24) is 5.32 Å². The van der Waals surface area contributed by atoms with Gasteiger partial charge in [0.05, 0.1) is 7.11 Å². The largest absolute Gasteiger partial charge is 0.497 e. The Morgan fingerprint density at radius 3 is 2.62 bits per heavy atom. The number of fused-ring (bicyclic) bond motifs is 1. The van der Waals surface area contributed by atoms with Crippen LogP contribution in [0.15, 0.2) is 48.5 Å². The van der Waals surface area contributed by atoms with Crippen molar-refractivity contribution < 1.29 is 14.3 Å². The molecule has 26 heavy (non-hydrogen) atoms. The molecule has 0 saturated heterocycles. The number of amides is 2. The minimum absolute atomic E-state index is 0.00190. The molecule has 2 amide bonds. The van der Waals surface area contributed by atoms with E-state index in [0.717, 1.165) is 35.4 Å². The normalized spacial score (nSPS) is 15.0. The highest BCUT2D eigenvalue weighted by Crippen LogP contribution is 2.28. The number of aryl methyl sites for hydroxylation is 1. The van der Waals surface area contributed by atoms with Crippen molar-refractivity contribution in [3.05, 3.63) is 59.7 Å². The zero-order chi connectivity index (χ0) is 18.5. The molecule has 0 fully saturated rings. The molecule has 0 saturated carbocycles. The molecule has 1 atom stereocenters. The van der Waals surface area contributed by atoms with E-state index < -0.39 is 6.04 Å². The summed E-state index contributed by atoms with van der Waals surface area (Å²) in [6.07, 6.45) is 2.13. The molecular weight excluding hydrogens is 328 g/mol. The Balaban J connectivity index is 1.71. The third-order valence-electron chi connectivity index (χ3n) is 4.75. The highest BCUT2D eigenvalue weighted by Gasteiger charge is 2.30.